The number of furan rings is 5. The summed E-state index contributed by atoms with van der Waals surface area (Å²) in [6, 6.07) is 10.4. The maximum Gasteiger partial charge on any atom is 0.496 e. The standard InChI is InChI=1S/4C23H33BO3.C21H29BO5/c4*1-13-8-9-17-22(4,5)10-7-11-23(17,6)18-16-12-14(2)15(3)19(24(25)26)21(16)27-20(13)18;1-11-6-7-14-20(2,3)8-5-9-21(14,4)15-12-10-13(23)17(24)16(22(25)26)19(12)27-18(11)15/h4*12-13,17,25-26H,7-11H2,1-6H3;10-11,14,23-26H,5-9H2,1-4H3/t4*13?,17-,23-;11?,14-,21-/m11111/s1. The van der Waals surface area contributed by atoms with Gasteiger partial charge in [0.05, 0.1) is 5.46 Å². The van der Waals surface area contributed by atoms with E-state index in [9.17, 15) is 60.5 Å². The molecule has 5 unspecified atom stereocenters. The number of aryl methyl sites for hydroxylation is 4. The van der Waals surface area contributed by atoms with Crippen LogP contribution in [-0.2, 0) is 27.1 Å². The number of rotatable bonds is 5. The molecule has 20 rings (SSSR count). The van der Waals surface area contributed by atoms with Crippen molar-refractivity contribution in [3.05, 3.63) is 131 Å². The lowest BCUT2D eigenvalue weighted by Crippen LogP contribution is -2.44. The molecule has 15 atom stereocenters. The Morgan fingerprint density at radius 3 is 0.593 bits per heavy atom. The topological polar surface area (TPSA) is 308 Å². The zero-order valence-corrected chi connectivity index (χ0v) is 87.1. The SMILES string of the molecule is CC1CC[C@@H]2C(C)(C)CCC[C@@]2(C)c2c1oc1c(B(O)O)c(O)c(O)cc21.Cc1cc2c3c(oc2c(B(O)O)c1C)C(C)CC[C@@H]1C(C)(C)CCC[C@@]31C.Cc1cc2c3c(oc2c(B(O)O)c1C)C(C)CC[C@@H]1C(C)(C)CCC[C@@]31C.Cc1cc2c3c(oc2c(B(O)O)c1C)C(C)CC[C@@H]1C(C)(C)CCC[C@@]31C.Cc1cc2c3c(oc2c(B(O)O)c1C)C(C)CC[C@@H]1C(C)(C)CCC[C@@]31C. The summed E-state index contributed by atoms with van der Waals surface area (Å²) in [6.45, 7) is 63.5. The summed E-state index contributed by atoms with van der Waals surface area (Å²) in [5.41, 5.74) is 21.3. The lowest BCUT2D eigenvalue weighted by Gasteiger charge is -2.50. The molecule has 0 amide bonds. The summed E-state index contributed by atoms with van der Waals surface area (Å²) in [5.74, 6) is 8.88. The van der Waals surface area contributed by atoms with Crippen molar-refractivity contribution in [1.29, 1.82) is 0 Å². The summed E-state index contributed by atoms with van der Waals surface area (Å²) in [7, 11) is -7.96. The van der Waals surface area contributed by atoms with E-state index in [1.54, 1.807) is 0 Å². The van der Waals surface area contributed by atoms with Crippen LogP contribution in [0.25, 0.3) is 54.8 Å². The Hall–Kier alpha value is -6.68. The average molecular weight is 1850 g/mol. The molecule has 0 spiro atoms. The van der Waals surface area contributed by atoms with Crippen LogP contribution in [0.1, 0.15) is 430 Å². The predicted octanol–water partition coefficient (Wildman–Crippen LogP) is 22.3. The van der Waals surface area contributed by atoms with Crippen LogP contribution in [0.4, 0.5) is 0 Å². The van der Waals surface area contributed by atoms with E-state index < -0.39 is 41.3 Å². The van der Waals surface area contributed by atoms with Crippen molar-refractivity contribution >= 4 is 118 Å². The summed E-state index contributed by atoms with van der Waals surface area (Å²) in [5, 5.41) is 126. The quantitative estimate of drug-likeness (QED) is 0.0563. The smallest absolute Gasteiger partial charge is 0.496 e. The van der Waals surface area contributed by atoms with Crippen LogP contribution in [0, 0.1) is 112 Å². The number of phenolic OH excluding ortho intramolecular Hbond substituents is 2. The first-order chi connectivity index (χ1) is 62.9. The highest BCUT2D eigenvalue weighted by atomic mass is 16.4. The van der Waals surface area contributed by atoms with Gasteiger partial charge < -0.3 is 82.5 Å². The van der Waals surface area contributed by atoms with Gasteiger partial charge in [-0.15, -0.1) is 0 Å². The van der Waals surface area contributed by atoms with Crippen molar-refractivity contribution in [3.8, 4) is 11.5 Å². The molecule has 10 aliphatic carbocycles. The second-order valence-electron chi connectivity index (χ2n) is 50.0. The lowest BCUT2D eigenvalue weighted by atomic mass is 9.53. The van der Waals surface area contributed by atoms with Gasteiger partial charge in [-0.1, -0.05) is 171 Å². The van der Waals surface area contributed by atoms with Crippen LogP contribution in [-0.4, -0.2) is 96.0 Å². The first kappa shape index (κ1) is 101. The molecule has 135 heavy (non-hydrogen) atoms. The van der Waals surface area contributed by atoms with Crippen LogP contribution in [0.2, 0.25) is 0 Å². The van der Waals surface area contributed by atoms with E-state index in [0.29, 0.717) is 124 Å². The van der Waals surface area contributed by atoms with E-state index in [1.807, 2.05) is 27.7 Å². The number of phenols is 2. The van der Waals surface area contributed by atoms with Gasteiger partial charge in [0.2, 0.25) is 0 Å². The molecule has 10 aliphatic rings. The Morgan fingerprint density at radius 1 is 0.244 bits per heavy atom. The Bertz CT molecular complexity index is 5340. The minimum atomic E-state index is -1.92. The molecule has 22 heteroatoms. The van der Waals surface area contributed by atoms with Gasteiger partial charge in [0, 0.05) is 106 Å². The zero-order chi connectivity index (χ0) is 98.6. The van der Waals surface area contributed by atoms with Crippen LogP contribution in [0.3, 0.4) is 0 Å². The summed E-state index contributed by atoms with van der Waals surface area (Å²) >= 11 is 0. The van der Waals surface area contributed by atoms with Gasteiger partial charge in [0.1, 0.15) is 56.7 Å². The molecule has 0 aliphatic heterocycles. The van der Waals surface area contributed by atoms with Gasteiger partial charge >= 0.3 is 35.6 Å². The van der Waals surface area contributed by atoms with Crippen LogP contribution in [0.5, 0.6) is 11.5 Å². The monoisotopic (exact) mass is 1850 g/mol. The minimum Gasteiger partial charge on any atom is -0.504 e. The summed E-state index contributed by atoms with van der Waals surface area (Å²) in [6.07, 6.45) is 29.7. The van der Waals surface area contributed by atoms with E-state index in [2.05, 4.69) is 190 Å². The normalized spacial score (nSPS) is 29.9. The van der Waals surface area contributed by atoms with Crippen LogP contribution >= 0.6 is 0 Å². The average Bonchev–Trinajstić information content (AvgIpc) is 1.59. The molecule has 17 nitrogen and oxygen atoms in total. The van der Waals surface area contributed by atoms with E-state index in [1.165, 1.54) is 137 Å². The summed E-state index contributed by atoms with van der Waals surface area (Å²) < 4.78 is 32.1. The third-order valence-electron chi connectivity index (χ3n) is 39.3. The molecule has 0 radical (unpaired) electrons. The minimum absolute atomic E-state index is 0.0759. The Morgan fingerprint density at radius 2 is 0.415 bits per heavy atom. The highest BCUT2D eigenvalue weighted by Gasteiger charge is 2.59. The number of hydrogen-bond donors (Lipinski definition) is 12. The molecular formula is C113H161B5O17. The van der Waals surface area contributed by atoms with E-state index in [-0.39, 0.29) is 55.2 Å². The van der Waals surface area contributed by atoms with Crippen molar-refractivity contribution < 1.29 is 82.5 Å². The highest BCUT2D eigenvalue weighted by molar-refractivity contribution is 6.64. The van der Waals surface area contributed by atoms with E-state index >= 15 is 0 Å². The van der Waals surface area contributed by atoms with Crippen LogP contribution in [0.15, 0.2) is 52.4 Å². The molecule has 730 valence electrons. The lowest BCUT2D eigenvalue weighted by molar-refractivity contribution is 0.0502. The maximum absolute atomic E-state index is 10.3. The fourth-order valence-corrected chi connectivity index (χ4v) is 31.8. The van der Waals surface area contributed by atoms with Gasteiger partial charge in [0.25, 0.3) is 0 Å². The molecule has 0 bridgehead atoms. The molecule has 5 fully saturated rings. The van der Waals surface area contributed by atoms with Gasteiger partial charge in [-0.25, -0.2) is 0 Å². The molecule has 5 heterocycles. The Kier molecular flexibility index (Phi) is 26.8. The van der Waals surface area contributed by atoms with Crippen molar-refractivity contribution in [1.82, 2.24) is 0 Å². The molecule has 10 aromatic rings. The number of fused-ring (bicyclic) bond motifs is 25. The molecule has 0 saturated heterocycles. The van der Waals surface area contributed by atoms with Gasteiger partial charge in [-0.05, 0) is 342 Å². The van der Waals surface area contributed by atoms with Gasteiger partial charge in [-0.2, -0.15) is 0 Å². The van der Waals surface area contributed by atoms with Crippen LogP contribution < -0.4 is 27.3 Å². The molecule has 5 aromatic carbocycles. The molecule has 5 aromatic heterocycles. The zero-order valence-electron chi connectivity index (χ0n) is 87.1. The first-order valence-electron chi connectivity index (χ1n) is 52.0. The summed E-state index contributed by atoms with van der Waals surface area (Å²) in [4.78, 5) is 0. The van der Waals surface area contributed by atoms with Crippen molar-refractivity contribution in [2.45, 2.75) is 411 Å². The first-order valence-corrected chi connectivity index (χ1v) is 52.0. The maximum atomic E-state index is 10.3. The predicted molar refractivity (Wildman–Crippen MR) is 552 cm³/mol. The van der Waals surface area contributed by atoms with Crippen molar-refractivity contribution in [3.63, 3.8) is 0 Å². The Balaban J connectivity index is 0.000000123. The van der Waals surface area contributed by atoms with E-state index in [4.69, 9.17) is 22.1 Å². The molecular weight excluding hydrogens is 1680 g/mol. The number of aromatic hydroxyl groups is 2. The van der Waals surface area contributed by atoms with Gasteiger partial charge in [0.15, 0.2) is 11.5 Å². The highest BCUT2D eigenvalue weighted by Crippen LogP contribution is 2.67. The Labute approximate surface area is 806 Å². The van der Waals surface area contributed by atoms with Gasteiger partial charge in [-0.3, -0.25) is 0 Å². The fraction of sp³-hybridized carbons (Fsp3) is 0.646. The number of hydrogen-bond acceptors (Lipinski definition) is 17. The van der Waals surface area contributed by atoms with E-state index in [0.717, 1.165) is 152 Å². The molecule has 12 N–H and O–H groups in total. The second-order valence-corrected chi connectivity index (χ2v) is 50.0. The third-order valence-corrected chi connectivity index (χ3v) is 39.3. The van der Waals surface area contributed by atoms with Crippen molar-refractivity contribution in [2.24, 2.45) is 56.7 Å². The number of benzene rings is 5. The molecule has 5 saturated carbocycles. The second kappa shape index (κ2) is 35.8. The largest absolute Gasteiger partial charge is 0.504 e. The fourth-order valence-electron chi connectivity index (χ4n) is 31.8. The third kappa shape index (κ3) is 16.5. The van der Waals surface area contributed by atoms with Crippen molar-refractivity contribution in [2.75, 3.05) is 0 Å².